The molecule has 2 unspecified atom stereocenters. The summed E-state index contributed by atoms with van der Waals surface area (Å²) < 4.78 is 0. The van der Waals surface area contributed by atoms with E-state index < -0.39 is 0 Å². The number of benzene rings is 1. The van der Waals surface area contributed by atoms with Crippen molar-refractivity contribution >= 4 is 28.4 Å². The molecule has 0 amide bonds. The summed E-state index contributed by atoms with van der Waals surface area (Å²) in [5, 5.41) is 2.83. The van der Waals surface area contributed by atoms with Crippen molar-refractivity contribution in [2.24, 2.45) is 0 Å². The molecule has 0 fully saturated rings. The maximum Gasteiger partial charge on any atom is -0.0198 e. The molecule has 0 saturated heterocycles. The molecule has 2 heteroatoms. The summed E-state index contributed by atoms with van der Waals surface area (Å²) >= 11 is 0. The summed E-state index contributed by atoms with van der Waals surface area (Å²) in [4.78, 5) is 0. The Hall–Kier alpha value is 0.0800. The van der Waals surface area contributed by atoms with Crippen LogP contribution in [0.15, 0.2) is 24.3 Å². The van der Waals surface area contributed by atoms with Crippen LogP contribution in [-0.4, -0.2) is 5.66 Å². The molecule has 0 saturated carbocycles. The summed E-state index contributed by atoms with van der Waals surface area (Å²) in [6, 6.07) is 8.55. The van der Waals surface area contributed by atoms with Gasteiger partial charge in [-0.1, -0.05) is 46.7 Å². The Morgan fingerprint density at radius 2 is 1.91 bits per heavy atom. The van der Waals surface area contributed by atoms with Gasteiger partial charge in [-0.25, -0.2) is 0 Å². The second-order valence-electron chi connectivity index (χ2n) is 2.89. The summed E-state index contributed by atoms with van der Waals surface area (Å²) in [6.45, 7) is 4.52. The number of rotatable bonds is 2. The van der Waals surface area contributed by atoms with Crippen molar-refractivity contribution in [2.75, 3.05) is 0 Å². The normalized spacial score (nSPS) is 11.6. The van der Waals surface area contributed by atoms with Crippen LogP contribution in [0.3, 0.4) is 0 Å². The van der Waals surface area contributed by atoms with Crippen LogP contribution in [0.5, 0.6) is 0 Å². The van der Waals surface area contributed by atoms with E-state index >= 15 is 0 Å². The Labute approximate surface area is 72.8 Å². The highest BCUT2D eigenvalue weighted by Crippen LogP contribution is 2.16. The van der Waals surface area contributed by atoms with Crippen LogP contribution in [-0.2, 0) is 0 Å². The van der Waals surface area contributed by atoms with E-state index in [9.17, 15) is 0 Å². The van der Waals surface area contributed by atoms with Gasteiger partial charge >= 0.3 is 0 Å². The van der Waals surface area contributed by atoms with Gasteiger partial charge < -0.3 is 0 Å². The molecule has 1 rings (SSSR count). The van der Waals surface area contributed by atoms with Crippen LogP contribution in [0.2, 0.25) is 0 Å². The highest BCUT2D eigenvalue weighted by atomic mass is 31.1. The summed E-state index contributed by atoms with van der Waals surface area (Å²) in [5.41, 5.74) is 0.775. The Balaban J connectivity index is 2.78. The van der Waals surface area contributed by atoms with E-state index in [2.05, 4.69) is 47.4 Å². The van der Waals surface area contributed by atoms with Gasteiger partial charge in [0, 0.05) is 0 Å². The van der Waals surface area contributed by atoms with E-state index in [1.165, 1.54) is 10.6 Å². The maximum atomic E-state index is 2.78. The van der Waals surface area contributed by atoms with Gasteiger partial charge in [-0.3, -0.25) is 0 Å². The van der Waals surface area contributed by atoms with Crippen LogP contribution in [0.25, 0.3) is 0 Å². The minimum absolute atomic E-state index is 0.775. The molecular weight excluding hydrogens is 170 g/mol. The second kappa shape index (κ2) is 4.19. The fraction of sp³-hybridized carbons (Fsp3) is 0.333. The first-order valence-corrected chi connectivity index (χ1v) is 5.46. The van der Waals surface area contributed by atoms with Crippen molar-refractivity contribution in [3.63, 3.8) is 0 Å². The van der Waals surface area contributed by atoms with E-state index in [-0.39, 0.29) is 0 Å². The Morgan fingerprint density at radius 1 is 1.27 bits per heavy atom. The molecule has 0 bridgehead atoms. The zero-order chi connectivity index (χ0) is 8.27. The lowest BCUT2D eigenvalue weighted by Crippen LogP contribution is -2.14. The van der Waals surface area contributed by atoms with Gasteiger partial charge in [0.2, 0.25) is 0 Å². The van der Waals surface area contributed by atoms with Gasteiger partial charge in [-0.05, 0) is 16.3 Å². The predicted octanol–water partition coefficient (Wildman–Crippen LogP) is 1.90. The Bertz CT molecular complexity index is 231. The van der Waals surface area contributed by atoms with E-state index in [1.54, 1.807) is 0 Å². The van der Waals surface area contributed by atoms with Crippen LogP contribution in [0.1, 0.15) is 13.8 Å². The minimum atomic E-state index is 0.775. The van der Waals surface area contributed by atoms with Crippen LogP contribution in [0.4, 0.5) is 0 Å². The molecule has 1 aromatic rings. The largest absolute Gasteiger partial charge is 0.105 e. The third-order valence-electron chi connectivity index (χ3n) is 1.40. The second-order valence-corrected chi connectivity index (χ2v) is 5.49. The zero-order valence-electron chi connectivity index (χ0n) is 6.96. The average molecular weight is 184 g/mol. The molecule has 60 valence electrons. The molecule has 1 aromatic carbocycles. The van der Waals surface area contributed by atoms with Crippen LogP contribution in [0, 0.1) is 0 Å². The van der Waals surface area contributed by atoms with Crippen LogP contribution < -0.4 is 10.6 Å². The molecule has 0 heterocycles. The average Bonchev–Trinajstić information content (AvgIpc) is 1.93. The van der Waals surface area contributed by atoms with Crippen molar-refractivity contribution in [1.82, 2.24) is 0 Å². The topological polar surface area (TPSA) is 0 Å². The molecule has 0 N–H and O–H groups in total. The van der Waals surface area contributed by atoms with Gasteiger partial charge in [0.25, 0.3) is 0 Å². The van der Waals surface area contributed by atoms with E-state index in [0.29, 0.717) is 0 Å². The third kappa shape index (κ3) is 2.89. The van der Waals surface area contributed by atoms with Crippen LogP contribution >= 0.6 is 17.8 Å². The summed E-state index contributed by atoms with van der Waals surface area (Å²) in [7, 11) is 3.72. The van der Waals surface area contributed by atoms with Gasteiger partial charge in [-0.2, -0.15) is 0 Å². The van der Waals surface area contributed by atoms with Crippen molar-refractivity contribution < 1.29 is 0 Å². The maximum absolute atomic E-state index is 2.78. The SMILES string of the molecule is CC(C)Pc1ccccc1P. The highest BCUT2D eigenvalue weighted by molar-refractivity contribution is 7.50. The first kappa shape index (κ1) is 9.17. The molecule has 0 nitrogen and oxygen atoms in total. The van der Waals surface area contributed by atoms with Crippen molar-refractivity contribution in [1.29, 1.82) is 0 Å². The lowest BCUT2D eigenvalue weighted by Gasteiger charge is -2.07. The first-order chi connectivity index (χ1) is 5.20. The molecule has 0 aliphatic rings. The van der Waals surface area contributed by atoms with E-state index in [1.807, 2.05) is 0 Å². The number of hydrogen-bond donors (Lipinski definition) is 0. The van der Waals surface area contributed by atoms with Crippen molar-refractivity contribution in [2.45, 2.75) is 19.5 Å². The molecule has 11 heavy (non-hydrogen) atoms. The van der Waals surface area contributed by atoms with Gasteiger partial charge in [-0.15, -0.1) is 9.24 Å². The van der Waals surface area contributed by atoms with Gasteiger partial charge in [0.1, 0.15) is 0 Å². The Kier molecular flexibility index (Phi) is 3.49. The highest BCUT2D eigenvalue weighted by Gasteiger charge is 1.98. The molecule has 2 atom stereocenters. The lowest BCUT2D eigenvalue weighted by atomic mass is 10.4. The molecule has 0 radical (unpaired) electrons. The summed E-state index contributed by atoms with van der Waals surface area (Å²) in [5.74, 6) is 0. The van der Waals surface area contributed by atoms with Gasteiger partial charge in [0.05, 0.1) is 0 Å². The number of hydrogen-bond acceptors (Lipinski definition) is 0. The van der Waals surface area contributed by atoms with Gasteiger partial charge in [0.15, 0.2) is 0 Å². The molecule has 0 aromatic heterocycles. The van der Waals surface area contributed by atoms with E-state index in [0.717, 1.165) is 14.2 Å². The quantitative estimate of drug-likeness (QED) is 0.616. The molecular formula is C9H14P2. The van der Waals surface area contributed by atoms with Crippen molar-refractivity contribution in [3.05, 3.63) is 24.3 Å². The Morgan fingerprint density at radius 3 is 2.45 bits per heavy atom. The lowest BCUT2D eigenvalue weighted by molar-refractivity contribution is 1.11. The van der Waals surface area contributed by atoms with Crippen molar-refractivity contribution in [3.8, 4) is 0 Å². The molecule has 0 aliphatic carbocycles. The third-order valence-corrected chi connectivity index (χ3v) is 3.54. The smallest absolute Gasteiger partial charge is 0.0198 e. The van der Waals surface area contributed by atoms with E-state index in [4.69, 9.17) is 0 Å². The predicted molar refractivity (Wildman–Crippen MR) is 58.9 cm³/mol. The molecule has 0 spiro atoms. The minimum Gasteiger partial charge on any atom is -0.105 e. The zero-order valence-corrected chi connectivity index (χ0v) is 9.12. The monoisotopic (exact) mass is 184 g/mol. The fourth-order valence-corrected chi connectivity index (χ4v) is 2.46. The first-order valence-electron chi connectivity index (χ1n) is 3.81. The molecule has 0 aliphatic heterocycles. The fourth-order valence-electron chi connectivity index (χ4n) is 0.939. The summed E-state index contributed by atoms with van der Waals surface area (Å²) in [6.07, 6.45) is 0. The standard InChI is InChI=1S/C9H14P2/c1-7(2)11-9-6-4-3-5-8(9)10/h3-7,11H,10H2,1-2H3.